The van der Waals surface area contributed by atoms with Crippen LogP contribution in [-0.2, 0) is 4.74 Å². The van der Waals surface area contributed by atoms with Gasteiger partial charge in [-0.2, -0.15) is 0 Å². The third-order valence-electron chi connectivity index (χ3n) is 4.84. The molecule has 0 aromatic rings. The second-order valence-electron chi connectivity index (χ2n) is 6.22. The van der Waals surface area contributed by atoms with Gasteiger partial charge < -0.3 is 10.1 Å². The monoisotopic (exact) mass is 268 g/mol. The molecule has 0 radical (unpaired) electrons. The maximum absolute atomic E-state index is 5.75. The van der Waals surface area contributed by atoms with Gasteiger partial charge in [0.05, 0.1) is 6.61 Å². The predicted molar refractivity (Wildman–Crippen MR) is 80.5 cm³/mol. The third kappa shape index (κ3) is 4.44. The highest BCUT2D eigenvalue weighted by molar-refractivity contribution is 4.88. The molecule has 112 valence electrons. The van der Waals surface area contributed by atoms with E-state index in [2.05, 4.69) is 24.1 Å². The van der Waals surface area contributed by atoms with Crippen LogP contribution in [0.1, 0.15) is 52.4 Å². The molecule has 2 heterocycles. The first kappa shape index (κ1) is 15.3. The lowest BCUT2D eigenvalue weighted by molar-refractivity contribution is -0.00203. The summed E-state index contributed by atoms with van der Waals surface area (Å²) in [6, 6.07) is 1.25. The van der Waals surface area contributed by atoms with Gasteiger partial charge in [0, 0.05) is 18.7 Å². The number of rotatable bonds is 5. The molecule has 1 N–H and O–H groups in total. The number of likely N-dealkylation sites (N-methyl/N-ethyl adjacent to an activating group) is 1. The molecule has 0 aliphatic carbocycles. The van der Waals surface area contributed by atoms with Crippen LogP contribution >= 0.6 is 0 Å². The van der Waals surface area contributed by atoms with Crippen LogP contribution in [0.15, 0.2) is 0 Å². The van der Waals surface area contributed by atoms with Crippen LogP contribution in [0.5, 0.6) is 0 Å². The summed E-state index contributed by atoms with van der Waals surface area (Å²) >= 11 is 0. The van der Waals surface area contributed by atoms with Gasteiger partial charge in [-0.25, -0.2) is 0 Å². The SMILES string of the molecule is CCCC1CCCN(C2COCCC2NCC)CC1. The average Bonchev–Trinajstić information content (AvgIpc) is 2.66. The van der Waals surface area contributed by atoms with E-state index in [1.807, 2.05) is 0 Å². The molecule has 3 atom stereocenters. The lowest BCUT2D eigenvalue weighted by Crippen LogP contribution is -2.55. The number of likely N-dealkylation sites (tertiary alicyclic amines) is 1. The van der Waals surface area contributed by atoms with Gasteiger partial charge in [-0.15, -0.1) is 0 Å². The first-order chi connectivity index (χ1) is 9.35. The zero-order chi connectivity index (χ0) is 13.5. The van der Waals surface area contributed by atoms with Crippen LogP contribution in [0.4, 0.5) is 0 Å². The summed E-state index contributed by atoms with van der Waals surface area (Å²) in [5, 5.41) is 3.67. The normalized spacial score (nSPS) is 34.1. The van der Waals surface area contributed by atoms with Gasteiger partial charge in [-0.05, 0) is 51.2 Å². The lowest BCUT2D eigenvalue weighted by Gasteiger charge is -2.39. The zero-order valence-electron chi connectivity index (χ0n) is 12.9. The molecule has 0 saturated carbocycles. The van der Waals surface area contributed by atoms with Gasteiger partial charge in [0.1, 0.15) is 0 Å². The smallest absolute Gasteiger partial charge is 0.0637 e. The summed E-state index contributed by atoms with van der Waals surface area (Å²) in [5.41, 5.74) is 0. The Morgan fingerprint density at radius 1 is 1.16 bits per heavy atom. The first-order valence-corrected chi connectivity index (χ1v) is 8.40. The Morgan fingerprint density at radius 3 is 2.84 bits per heavy atom. The topological polar surface area (TPSA) is 24.5 Å². The molecule has 0 aromatic carbocycles. The zero-order valence-corrected chi connectivity index (χ0v) is 12.9. The van der Waals surface area contributed by atoms with Crippen LogP contribution in [0.3, 0.4) is 0 Å². The van der Waals surface area contributed by atoms with Crippen molar-refractivity contribution in [2.24, 2.45) is 5.92 Å². The molecule has 3 unspecified atom stereocenters. The van der Waals surface area contributed by atoms with Crippen LogP contribution in [0.2, 0.25) is 0 Å². The van der Waals surface area contributed by atoms with E-state index in [0.29, 0.717) is 12.1 Å². The molecule has 2 saturated heterocycles. The standard InChI is InChI=1S/C16H32N2O/c1-3-6-14-7-5-10-18(11-8-14)16-13-19-12-9-15(16)17-4-2/h14-17H,3-13H2,1-2H3. The number of hydrogen-bond acceptors (Lipinski definition) is 3. The largest absolute Gasteiger partial charge is 0.380 e. The molecule has 0 spiro atoms. The van der Waals surface area contributed by atoms with Crippen LogP contribution < -0.4 is 5.32 Å². The van der Waals surface area contributed by atoms with E-state index in [1.54, 1.807) is 0 Å². The van der Waals surface area contributed by atoms with Crippen molar-refractivity contribution in [3.63, 3.8) is 0 Å². The first-order valence-electron chi connectivity index (χ1n) is 8.40. The molecule has 3 nitrogen and oxygen atoms in total. The van der Waals surface area contributed by atoms with Gasteiger partial charge in [-0.1, -0.05) is 26.7 Å². The Morgan fingerprint density at radius 2 is 2.05 bits per heavy atom. The summed E-state index contributed by atoms with van der Waals surface area (Å²) in [7, 11) is 0. The Balaban J connectivity index is 1.88. The quantitative estimate of drug-likeness (QED) is 0.829. The molecule has 2 rings (SSSR count). The fourth-order valence-corrected chi connectivity index (χ4v) is 3.80. The molecule has 2 aliphatic heterocycles. The molecule has 0 bridgehead atoms. The number of ether oxygens (including phenoxy) is 1. The minimum atomic E-state index is 0.606. The Bertz CT molecular complexity index is 245. The van der Waals surface area contributed by atoms with Gasteiger partial charge in [0.2, 0.25) is 0 Å². The molecular weight excluding hydrogens is 236 g/mol. The highest BCUT2D eigenvalue weighted by Crippen LogP contribution is 2.25. The van der Waals surface area contributed by atoms with Crippen molar-refractivity contribution < 1.29 is 4.74 Å². The summed E-state index contributed by atoms with van der Waals surface area (Å²) < 4.78 is 5.75. The van der Waals surface area contributed by atoms with Crippen molar-refractivity contribution in [3.8, 4) is 0 Å². The number of hydrogen-bond donors (Lipinski definition) is 1. The van der Waals surface area contributed by atoms with Crippen molar-refractivity contribution in [2.45, 2.75) is 64.5 Å². The van der Waals surface area contributed by atoms with E-state index in [4.69, 9.17) is 4.74 Å². The van der Waals surface area contributed by atoms with E-state index in [-0.39, 0.29) is 0 Å². The molecule has 2 aliphatic rings. The van der Waals surface area contributed by atoms with Crippen LogP contribution in [-0.4, -0.2) is 49.8 Å². The Kier molecular flexibility index (Phi) is 6.62. The summed E-state index contributed by atoms with van der Waals surface area (Å²) in [6.07, 6.45) is 8.14. The number of nitrogens with zero attached hydrogens (tertiary/aromatic N) is 1. The molecular formula is C16H32N2O. The van der Waals surface area contributed by atoms with E-state index >= 15 is 0 Å². The minimum absolute atomic E-state index is 0.606. The van der Waals surface area contributed by atoms with E-state index in [0.717, 1.165) is 25.7 Å². The highest BCUT2D eigenvalue weighted by atomic mass is 16.5. The van der Waals surface area contributed by atoms with E-state index < -0.39 is 0 Å². The number of nitrogens with one attached hydrogen (secondary N) is 1. The molecule has 3 heteroatoms. The van der Waals surface area contributed by atoms with Crippen molar-refractivity contribution >= 4 is 0 Å². The van der Waals surface area contributed by atoms with Crippen LogP contribution in [0, 0.1) is 5.92 Å². The predicted octanol–water partition coefficient (Wildman–Crippen LogP) is 2.66. The average molecular weight is 268 g/mol. The Hall–Kier alpha value is -0.120. The van der Waals surface area contributed by atoms with Crippen molar-refractivity contribution in [2.75, 3.05) is 32.8 Å². The van der Waals surface area contributed by atoms with E-state index in [9.17, 15) is 0 Å². The van der Waals surface area contributed by atoms with Crippen molar-refractivity contribution in [1.29, 1.82) is 0 Å². The van der Waals surface area contributed by atoms with Gasteiger partial charge in [0.25, 0.3) is 0 Å². The van der Waals surface area contributed by atoms with Gasteiger partial charge >= 0.3 is 0 Å². The highest BCUT2D eigenvalue weighted by Gasteiger charge is 2.31. The van der Waals surface area contributed by atoms with Crippen molar-refractivity contribution in [3.05, 3.63) is 0 Å². The molecule has 2 fully saturated rings. The van der Waals surface area contributed by atoms with Crippen LogP contribution in [0.25, 0.3) is 0 Å². The summed E-state index contributed by atoms with van der Waals surface area (Å²) in [4.78, 5) is 2.71. The second-order valence-corrected chi connectivity index (χ2v) is 6.22. The van der Waals surface area contributed by atoms with E-state index in [1.165, 1.54) is 51.6 Å². The fourth-order valence-electron chi connectivity index (χ4n) is 3.80. The second kappa shape index (κ2) is 8.23. The van der Waals surface area contributed by atoms with Gasteiger partial charge in [-0.3, -0.25) is 4.90 Å². The third-order valence-corrected chi connectivity index (χ3v) is 4.84. The minimum Gasteiger partial charge on any atom is -0.380 e. The summed E-state index contributed by atoms with van der Waals surface area (Å²) in [5.74, 6) is 0.970. The van der Waals surface area contributed by atoms with Crippen molar-refractivity contribution in [1.82, 2.24) is 10.2 Å². The maximum atomic E-state index is 5.75. The molecule has 0 amide bonds. The summed E-state index contributed by atoms with van der Waals surface area (Å²) in [6.45, 7) is 10.0. The maximum Gasteiger partial charge on any atom is 0.0637 e. The van der Waals surface area contributed by atoms with Gasteiger partial charge in [0.15, 0.2) is 0 Å². The molecule has 0 aromatic heterocycles. The molecule has 19 heavy (non-hydrogen) atoms. The lowest BCUT2D eigenvalue weighted by atomic mass is 9.96. The Labute approximate surface area is 119 Å². The fraction of sp³-hybridized carbons (Fsp3) is 1.00.